The van der Waals surface area contributed by atoms with E-state index in [9.17, 15) is 0 Å². The van der Waals surface area contributed by atoms with Crippen LogP contribution in [0.3, 0.4) is 0 Å². The SMILES string of the molecule is NC1(c2ccc(-c3ccccc3)c(-c3ccccc3)c2)CCCN(CC2CCCC2)C1. The highest BCUT2D eigenvalue weighted by molar-refractivity contribution is 5.84. The standard InChI is InChI=1S/C29H34N2/c30-29(18-9-19-31(22-29)21-23-10-7-8-11-23)26-16-17-27(24-12-3-1-4-13-24)28(20-26)25-14-5-2-6-15-25/h1-6,12-17,20,23H,7-11,18-19,21-22,30H2. The van der Waals surface area contributed by atoms with Crippen molar-refractivity contribution in [3.05, 3.63) is 84.4 Å². The maximum Gasteiger partial charge on any atom is 0.0539 e. The van der Waals surface area contributed by atoms with E-state index in [1.165, 1.54) is 73.0 Å². The fourth-order valence-electron chi connectivity index (χ4n) is 5.70. The van der Waals surface area contributed by atoms with Crippen LogP contribution in [0.5, 0.6) is 0 Å². The number of hydrogen-bond donors (Lipinski definition) is 1. The fraction of sp³-hybridized carbons (Fsp3) is 0.379. The molecule has 1 saturated heterocycles. The molecule has 0 amide bonds. The molecular formula is C29H34N2. The second-order valence-corrected chi connectivity index (χ2v) is 9.64. The number of likely N-dealkylation sites (tertiary alicyclic amines) is 1. The summed E-state index contributed by atoms with van der Waals surface area (Å²) >= 11 is 0. The number of benzene rings is 3. The van der Waals surface area contributed by atoms with Crippen LogP contribution in [0, 0.1) is 5.92 Å². The van der Waals surface area contributed by atoms with E-state index in [-0.39, 0.29) is 5.54 Å². The normalized spacial score (nSPS) is 22.6. The van der Waals surface area contributed by atoms with Gasteiger partial charge in [0, 0.05) is 13.1 Å². The van der Waals surface area contributed by atoms with Crippen molar-refractivity contribution in [2.45, 2.75) is 44.1 Å². The molecular weight excluding hydrogens is 376 g/mol. The molecule has 1 heterocycles. The van der Waals surface area contributed by atoms with Crippen LogP contribution in [0.15, 0.2) is 78.9 Å². The second kappa shape index (κ2) is 8.98. The average Bonchev–Trinajstić information content (AvgIpc) is 3.33. The first-order valence-electron chi connectivity index (χ1n) is 12.0. The molecule has 0 spiro atoms. The van der Waals surface area contributed by atoms with Crippen molar-refractivity contribution in [1.82, 2.24) is 4.90 Å². The molecule has 1 saturated carbocycles. The summed E-state index contributed by atoms with van der Waals surface area (Å²) in [5.41, 5.74) is 13.2. The zero-order chi connectivity index (χ0) is 21.1. The third-order valence-corrected chi connectivity index (χ3v) is 7.36. The second-order valence-electron chi connectivity index (χ2n) is 9.64. The lowest BCUT2D eigenvalue weighted by molar-refractivity contribution is 0.130. The number of piperidine rings is 1. The Morgan fingerprint density at radius 3 is 2.10 bits per heavy atom. The van der Waals surface area contributed by atoms with Gasteiger partial charge in [0.2, 0.25) is 0 Å². The zero-order valence-electron chi connectivity index (χ0n) is 18.5. The van der Waals surface area contributed by atoms with Crippen LogP contribution in [0.25, 0.3) is 22.3 Å². The Hall–Kier alpha value is -2.42. The number of hydrogen-bond acceptors (Lipinski definition) is 2. The third kappa shape index (κ3) is 4.46. The summed E-state index contributed by atoms with van der Waals surface area (Å²) in [5.74, 6) is 0.877. The molecule has 31 heavy (non-hydrogen) atoms. The molecule has 3 aromatic carbocycles. The highest BCUT2D eigenvalue weighted by atomic mass is 15.2. The van der Waals surface area contributed by atoms with Crippen LogP contribution in [0.1, 0.15) is 44.1 Å². The number of nitrogens with two attached hydrogens (primary N) is 1. The van der Waals surface area contributed by atoms with E-state index in [1.807, 2.05) is 0 Å². The maximum atomic E-state index is 7.14. The minimum Gasteiger partial charge on any atom is -0.320 e. The molecule has 1 unspecified atom stereocenters. The molecule has 160 valence electrons. The summed E-state index contributed by atoms with van der Waals surface area (Å²) in [4.78, 5) is 2.65. The topological polar surface area (TPSA) is 29.3 Å². The van der Waals surface area contributed by atoms with Crippen molar-refractivity contribution >= 4 is 0 Å². The summed E-state index contributed by atoms with van der Waals surface area (Å²) in [5, 5.41) is 0. The Labute approximate surface area is 187 Å². The first kappa shape index (κ1) is 20.5. The molecule has 2 nitrogen and oxygen atoms in total. The molecule has 2 N–H and O–H groups in total. The maximum absolute atomic E-state index is 7.14. The van der Waals surface area contributed by atoms with Crippen LogP contribution in [-0.4, -0.2) is 24.5 Å². The summed E-state index contributed by atoms with van der Waals surface area (Å²) < 4.78 is 0. The van der Waals surface area contributed by atoms with Gasteiger partial charge in [-0.15, -0.1) is 0 Å². The van der Waals surface area contributed by atoms with E-state index in [4.69, 9.17) is 5.73 Å². The van der Waals surface area contributed by atoms with Crippen LogP contribution in [-0.2, 0) is 5.54 Å². The van der Waals surface area contributed by atoms with E-state index in [0.29, 0.717) is 0 Å². The Morgan fingerprint density at radius 2 is 1.42 bits per heavy atom. The lowest BCUT2D eigenvalue weighted by Gasteiger charge is -2.42. The highest BCUT2D eigenvalue weighted by Gasteiger charge is 2.34. The van der Waals surface area contributed by atoms with Crippen molar-refractivity contribution in [3.63, 3.8) is 0 Å². The predicted octanol–water partition coefficient (Wildman–Crippen LogP) is 6.46. The van der Waals surface area contributed by atoms with Crippen molar-refractivity contribution in [2.75, 3.05) is 19.6 Å². The molecule has 0 bridgehead atoms. The Balaban J connectivity index is 1.49. The molecule has 2 aliphatic rings. The van der Waals surface area contributed by atoms with E-state index in [2.05, 4.69) is 83.8 Å². The Bertz CT molecular complexity index is 992. The van der Waals surface area contributed by atoms with Crippen molar-refractivity contribution < 1.29 is 0 Å². The molecule has 2 heteroatoms. The van der Waals surface area contributed by atoms with Crippen molar-refractivity contribution in [2.24, 2.45) is 11.7 Å². The van der Waals surface area contributed by atoms with Gasteiger partial charge in [0.05, 0.1) is 5.54 Å². The van der Waals surface area contributed by atoms with Gasteiger partial charge >= 0.3 is 0 Å². The molecule has 0 aromatic heterocycles. The van der Waals surface area contributed by atoms with E-state index < -0.39 is 0 Å². The van der Waals surface area contributed by atoms with Crippen LogP contribution >= 0.6 is 0 Å². The van der Waals surface area contributed by atoms with Gasteiger partial charge in [-0.1, -0.05) is 85.6 Å². The molecule has 1 atom stereocenters. The summed E-state index contributed by atoms with van der Waals surface area (Å²) in [6.07, 6.45) is 7.87. The predicted molar refractivity (Wildman–Crippen MR) is 131 cm³/mol. The highest BCUT2D eigenvalue weighted by Crippen LogP contribution is 2.38. The van der Waals surface area contributed by atoms with Crippen LogP contribution in [0.2, 0.25) is 0 Å². The Kier molecular flexibility index (Phi) is 5.93. The van der Waals surface area contributed by atoms with Crippen LogP contribution < -0.4 is 5.73 Å². The van der Waals surface area contributed by atoms with Gasteiger partial charge in [0.25, 0.3) is 0 Å². The van der Waals surface area contributed by atoms with Gasteiger partial charge in [-0.25, -0.2) is 0 Å². The number of nitrogens with zero attached hydrogens (tertiary/aromatic N) is 1. The Morgan fingerprint density at radius 1 is 0.774 bits per heavy atom. The van der Waals surface area contributed by atoms with Gasteiger partial charge in [0.1, 0.15) is 0 Å². The van der Waals surface area contributed by atoms with Crippen molar-refractivity contribution in [1.29, 1.82) is 0 Å². The lowest BCUT2D eigenvalue weighted by Crippen LogP contribution is -2.52. The largest absolute Gasteiger partial charge is 0.320 e. The molecule has 1 aliphatic heterocycles. The minimum absolute atomic E-state index is 0.268. The summed E-state index contributed by atoms with van der Waals surface area (Å²) in [6.45, 7) is 3.40. The monoisotopic (exact) mass is 410 g/mol. The molecule has 5 rings (SSSR count). The summed E-state index contributed by atoms with van der Waals surface area (Å²) in [6, 6.07) is 28.4. The van der Waals surface area contributed by atoms with Gasteiger partial charge in [-0.3, -0.25) is 0 Å². The zero-order valence-corrected chi connectivity index (χ0v) is 18.5. The van der Waals surface area contributed by atoms with Gasteiger partial charge in [-0.2, -0.15) is 0 Å². The molecule has 2 fully saturated rings. The summed E-state index contributed by atoms with van der Waals surface area (Å²) in [7, 11) is 0. The average molecular weight is 411 g/mol. The number of rotatable bonds is 5. The fourth-order valence-corrected chi connectivity index (χ4v) is 5.70. The smallest absolute Gasteiger partial charge is 0.0539 e. The van der Waals surface area contributed by atoms with Crippen LogP contribution in [0.4, 0.5) is 0 Å². The van der Waals surface area contributed by atoms with Gasteiger partial charge < -0.3 is 10.6 Å². The lowest BCUT2D eigenvalue weighted by atomic mass is 9.80. The molecule has 1 aliphatic carbocycles. The van der Waals surface area contributed by atoms with E-state index in [0.717, 1.165) is 18.9 Å². The first-order chi connectivity index (χ1) is 15.2. The van der Waals surface area contributed by atoms with E-state index in [1.54, 1.807) is 0 Å². The minimum atomic E-state index is -0.268. The van der Waals surface area contributed by atoms with Crippen molar-refractivity contribution in [3.8, 4) is 22.3 Å². The first-order valence-corrected chi connectivity index (χ1v) is 12.0. The molecule has 3 aromatic rings. The quantitative estimate of drug-likeness (QED) is 0.523. The third-order valence-electron chi connectivity index (χ3n) is 7.36. The van der Waals surface area contributed by atoms with Gasteiger partial charge in [0.15, 0.2) is 0 Å². The molecule has 0 radical (unpaired) electrons. The van der Waals surface area contributed by atoms with E-state index >= 15 is 0 Å². The van der Waals surface area contributed by atoms with Gasteiger partial charge in [-0.05, 0) is 72.0 Å².